The fourth-order valence-electron chi connectivity index (χ4n) is 5.59. The summed E-state index contributed by atoms with van der Waals surface area (Å²) in [6.45, 7) is 4.63. The lowest BCUT2D eigenvalue weighted by atomic mass is 10.0. The summed E-state index contributed by atoms with van der Waals surface area (Å²) in [4.78, 5) is 2.44. The van der Waals surface area contributed by atoms with E-state index in [0.29, 0.717) is 24.3 Å². The first-order valence-corrected chi connectivity index (χ1v) is 13.9. The maximum absolute atomic E-state index is 14.2. The molecule has 0 saturated carbocycles. The Balaban J connectivity index is 1.36. The number of fused-ring (bicyclic) bond motifs is 2. The first kappa shape index (κ1) is 25.1. The number of alkyl halides is 3. The summed E-state index contributed by atoms with van der Waals surface area (Å²) < 4.78 is 61.7. The van der Waals surface area contributed by atoms with E-state index in [9.17, 15) is 17.4 Å². The third-order valence-corrected chi connectivity index (χ3v) is 9.09. The second kappa shape index (κ2) is 9.53. The van der Waals surface area contributed by atoms with Crippen molar-refractivity contribution in [2.24, 2.45) is 7.05 Å². The molecular formula is C27H29F3N6OS. The minimum atomic E-state index is -4.52. The van der Waals surface area contributed by atoms with Crippen molar-refractivity contribution in [2.45, 2.75) is 56.9 Å². The van der Waals surface area contributed by atoms with Crippen molar-refractivity contribution in [1.29, 1.82) is 0 Å². The normalized spacial score (nSPS) is 18.4. The van der Waals surface area contributed by atoms with Crippen LogP contribution < -0.4 is 4.31 Å². The van der Waals surface area contributed by atoms with E-state index in [2.05, 4.69) is 25.7 Å². The molecule has 0 amide bonds. The highest BCUT2D eigenvalue weighted by molar-refractivity contribution is 7.86. The first-order chi connectivity index (χ1) is 18.2. The van der Waals surface area contributed by atoms with E-state index in [-0.39, 0.29) is 17.0 Å². The predicted octanol–water partition coefficient (Wildman–Crippen LogP) is 5.17. The average Bonchev–Trinajstić information content (AvgIpc) is 3.54. The van der Waals surface area contributed by atoms with Gasteiger partial charge in [0.05, 0.1) is 34.8 Å². The molecule has 6 rings (SSSR count). The van der Waals surface area contributed by atoms with Crippen LogP contribution in [-0.2, 0) is 43.8 Å². The molecule has 0 N–H and O–H groups in total. The molecule has 0 radical (unpaired) electrons. The lowest BCUT2D eigenvalue weighted by Gasteiger charge is -2.27. The van der Waals surface area contributed by atoms with Crippen LogP contribution in [0.3, 0.4) is 0 Å². The van der Waals surface area contributed by atoms with E-state index in [4.69, 9.17) is 0 Å². The van der Waals surface area contributed by atoms with E-state index >= 15 is 0 Å². The molecule has 0 spiro atoms. The fourth-order valence-corrected chi connectivity index (χ4v) is 7.01. The molecule has 2 aliphatic rings. The molecule has 2 aromatic heterocycles. The second-order valence-electron chi connectivity index (χ2n) is 10.2. The van der Waals surface area contributed by atoms with Gasteiger partial charge in [-0.2, -0.15) is 13.2 Å². The molecule has 2 aromatic carbocycles. The molecule has 2 aliphatic heterocycles. The van der Waals surface area contributed by atoms with Crippen LogP contribution in [0.2, 0.25) is 0 Å². The van der Waals surface area contributed by atoms with Gasteiger partial charge < -0.3 is 9.13 Å². The van der Waals surface area contributed by atoms with Crippen LogP contribution in [0.1, 0.15) is 47.5 Å². The summed E-state index contributed by atoms with van der Waals surface area (Å²) in [6.07, 6.45) is 0.381. The number of benzene rings is 2. The van der Waals surface area contributed by atoms with Crippen molar-refractivity contribution in [3.63, 3.8) is 0 Å². The topological polar surface area (TPSA) is 59.2 Å². The molecule has 38 heavy (non-hydrogen) atoms. The second-order valence-corrected chi connectivity index (χ2v) is 11.6. The van der Waals surface area contributed by atoms with E-state index < -0.39 is 22.7 Å². The van der Waals surface area contributed by atoms with E-state index in [1.54, 1.807) is 16.7 Å². The number of aryl methyl sites for hydroxylation is 2. The Morgan fingerprint density at radius 2 is 1.82 bits per heavy atom. The highest BCUT2D eigenvalue weighted by atomic mass is 32.2. The smallest absolute Gasteiger partial charge is 0.337 e. The maximum Gasteiger partial charge on any atom is 0.416 e. The van der Waals surface area contributed by atoms with Crippen LogP contribution in [0.4, 0.5) is 18.9 Å². The van der Waals surface area contributed by atoms with Crippen LogP contribution in [0, 0.1) is 6.92 Å². The Morgan fingerprint density at radius 3 is 2.53 bits per heavy atom. The lowest BCUT2D eigenvalue weighted by Crippen LogP contribution is -2.29. The van der Waals surface area contributed by atoms with E-state index in [1.165, 1.54) is 6.07 Å². The van der Waals surface area contributed by atoms with Gasteiger partial charge in [0.15, 0.2) is 16.8 Å². The van der Waals surface area contributed by atoms with Gasteiger partial charge in [0.25, 0.3) is 0 Å². The largest absolute Gasteiger partial charge is 0.416 e. The first-order valence-electron chi connectivity index (χ1n) is 12.8. The number of rotatable bonds is 5. The Kier molecular flexibility index (Phi) is 6.30. The van der Waals surface area contributed by atoms with Crippen LogP contribution in [0.5, 0.6) is 0 Å². The zero-order valence-corrected chi connectivity index (χ0v) is 22.1. The van der Waals surface area contributed by atoms with Crippen LogP contribution >= 0.6 is 0 Å². The molecule has 7 nitrogen and oxygen atoms in total. The van der Waals surface area contributed by atoms with E-state index in [1.807, 2.05) is 36.7 Å². The molecular weight excluding hydrogens is 513 g/mol. The van der Waals surface area contributed by atoms with Gasteiger partial charge >= 0.3 is 6.18 Å². The molecule has 1 atom stereocenters. The van der Waals surface area contributed by atoms with Crippen molar-refractivity contribution in [2.75, 3.05) is 17.4 Å². The van der Waals surface area contributed by atoms with Crippen molar-refractivity contribution in [1.82, 2.24) is 24.2 Å². The number of aromatic nitrogens is 4. The zero-order valence-electron chi connectivity index (χ0n) is 21.3. The van der Waals surface area contributed by atoms with Crippen LogP contribution in [-0.4, -0.2) is 41.5 Å². The monoisotopic (exact) mass is 542 g/mol. The standard InChI is InChI=1S/C27H29F3N6OS/c1-18-10-20-6-7-21(13-24(20)35(18)16-26-32-31-17-33(26)2)36-15-22-23(27(28,29)30)11-19(12-25(22)38(36)37)14-34-8-4-3-5-9-34/h6-7,10-13,17H,3-5,8-9,14-16H2,1-2H3. The SMILES string of the molecule is Cc1cc2ccc(N3Cc4c(cc(CN5CCCCC5)cc4C(F)(F)F)S3=O)cc2n1Cc1nncn1C. The third-order valence-electron chi connectivity index (χ3n) is 7.61. The molecule has 4 aromatic rings. The minimum absolute atomic E-state index is 0.0603. The Morgan fingerprint density at radius 1 is 1.03 bits per heavy atom. The highest BCUT2D eigenvalue weighted by Gasteiger charge is 2.40. The number of halogens is 3. The molecule has 200 valence electrons. The van der Waals surface area contributed by atoms with Gasteiger partial charge in [-0.05, 0) is 68.8 Å². The Bertz CT molecular complexity index is 1540. The minimum Gasteiger partial charge on any atom is -0.337 e. The molecule has 0 aliphatic carbocycles. The third kappa shape index (κ3) is 4.51. The summed E-state index contributed by atoms with van der Waals surface area (Å²) in [5, 5.41) is 9.13. The quantitative estimate of drug-likeness (QED) is 0.349. The fraction of sp³-hybridized carbons (Fsp3) is 0.407. The highest BCUT2D eigenvalue weighted by Crippen LogP contribution is 2.42. The summed E-state index contributed by atoms with van der Waals surface area (Å²) in [6, 6.07) is 10.7. The molecule has 11 heteroatoms. The summed E-state index contributed by atoms with van der Waals surface area (Å²) >= 11 is 0. The lowest BCUT2D eigenvalue weighted by molar-refractivity contribution is -0.138. The van der Waals surface area contributed by atoms with Crippen LogP contribution in [0.25, 0.3) is 10.9 Å². The van der Waals surface area contributed by atoms with Crippen LogP contribution in [0.15, 0.2) is 47.6 Å². The van der Waals surface area contributed by atoms with Gasteiger partial charge in [0.2, 0.25) is 0 Å². The Labute approximate surface area is 221 Å². The van der Waals surface area contributed by atoms with Crippen molar-refractivity contribution < 1.29 is 17.4 Å². The maximum atomic E-state index is 14.2. The summed E-state index contributed by atoms with van der Waals surface area (Å²) in [5.74, 6) is 0.782. The number of nitrogens with zero attached hydrogens (tertiary/aromatic N) is 6. The molecule has 1 unspecified atom stereocenters. The summed E-state index contributed by atoms with van der Waals surface area (Å²) in [7, 11) is 0.132. The van der Waals surface area contributed by atoms with Crippen molar-refractivity contribution >= 4 is 27.6 Å². The average molecular weight is 543 g/mol. The van der Waals surface area contributed by atoms with E-state index in [0.717, 1.165) is 54.8 Å². The van der Waals surface area contributed by atoms with Gasteiger partial charge in [-0.1, -0.05) is 12.5 Å². The van der Waals surface area contributed by atoms with Gasteiger partial charge in [0.1, 0.15) is 6.33 Å². The number of hydrogen-bond donors (Lipinski definition) is 0. The van der Waals surface area contributed by atoms with Gasteiger partial charge in [-0.25, -0.2) is 4.21 Å². The number of likely N-dealkylation sites (tertiary alicyclic amines) is 1. The van der Waals surface area contributed by atoms with Gasteiger partial charge in [-0.3, -0.25) is 9.21 Å². The van der Waals surface area contributed by atoms with Gasteiger partial charge in [-0.15, -0.1) is 10.2 Å². The summed E-state index contributed by atoms with van der Waals surface area (Å²) in [5.41, 5.74) is 2.53. The predicted molar refractivity (Wildman–Crippen MR) is 140 cm³/mol. The molecule has 1 saturated heterocycles. The number of piperidine rings is 1. The molecule has 1 fully saturated rings. The van der Waals surface area contributed by atoms with Gasteiger partial charge in [0, 0.05) is 30.2 Å². The Hall–Kier alpha value is -3.18. The number of hydrogen-bond acceptors (Lipinski definition) is 4. The molecule has 4 heterocycles. The molecule has 0 bridgehead atoms. The zero-order chi connectivity index (χ0) is 26.6. The number of anilines is 1. The van der Waals surface area contributed by atoms with Crippen molar-refractivity contribution in [3.05, 3.63) is 70.9 Å². The van der Waals surface area contributed by atoms with Crippen molar-refractivity contribution in [3.8, 4) is 0 Å².